The highest BCUT2D eigenvalue weighted by Crippen LogP contribution is 2.39. The first-order valence-corrected chi connectivity index (χ1v) is 15.2. The van der Waals surface area contributed by atoms with E-state index in [1.807, 2.05) is 37.3 Å². The summed E-state index contributed by atoms with van der Waals surface area (Å²) in [5.74, 6) is 1.23. The van der Waals surface area contributed by atoms with Crippen molar-refractivity contribution < 1.29 is 14.3 Å². The van der Waals surface area contributed by atoms with E-state index in [0.717, 1.165) is 37.1 Å². The van der Waals surface area contributed by atoms with Gasteiger partial charge in [-0.1, -0.05) is 47.0 Å². The number of carbonyl (C=O) groups excluding carboxylic acids is 1. The van der Waals surface area contributed by atoms with Crippen LogP contribution in [0, 0.1) is 18.3 Å². The predicted octanol–water partition coefficient (Wildman–Crippen LogP) is 7.83. The van der Waals surface area contributed by atoms with Gasteiger partial charge in [0.1, 0.15) is 24.2 Å². The molecule has 0 radical (unpaired) electrons. The van der Waals surface area contributed by atoms with Crippen LogP contribution in [0.4, 0.5) is 17.1 Å². The zero-order chi connectivity index (χ0) is 31.9. The van der Waals surface area contributed by atoms with E-state index in [1.54, 1.807) is 54.9 Å². The Bertz CT molecular complexity index is 1950. The minimum Gasteiger partial charge on any atom is -0.487 e. The molecule has 5 aromatic rings. The number of nitriles is 1. The quantitative estimate of drug-likeness (QED) is 0.141. The summed E-state index contributed by atoms with van der Waals surface area (Å²) in [6, 6.07) is 22.7. The fourth-order valence-electron chi connectivity index (χ4n) is 5.09. The van der Waals surface area contributed by atoms with Gasteiger partial charge in [0.15, 0.2) is 5.75 Å². The number of benzene rings is 3. The molecular weight excluding hydrogens is 600 g/mol. The molecule has 1 aliphatic heterocycles. The summed E-state index contributed by atoms with van der Waals surface area (Å²) in [5.41, 5.74) is 5.76. The molecule has 0 saturated carbocycles. The van der Waals surface area contributed by atoms with E-state index in [2.05, 4.69) is 32.0 Å². The Morgan fingerprint density at radius 3 is 2.57 bits per heavy atom. The maximum atomic E-state index is 13.2. The smallest absolute Gasteiger partial charge is 0.248 e. The number of hydrogen-bond donors (Lipinski definition) is 3. The van der Waals surface area contributed by atoms with Crippen LogP contribution in [0.1, 0.15) is 29.5 Å². The van der Waals surface area contributed by atoms with Gasteiger partial charge in [0, 0.05) is 41.8 Å². The molecule has 0 aliphatic carbocycles. The number of hydrogen-bond acceptors (Lipinski definition) is 8. The average Bonchev–Trinajstić information content (AvgIpc) is 3.06. The highest BCUT2D eigenvalue weighted by molar-refractivity contribution is 6.32. The van der Waals surface area contributed by atoms with Gasteiger partial charge in [-0.05, 0) is 74.8 Å². The molecule has 10 heteroatoms. The van der Waals surface area contributed by atoms with Crippen LogP contribution in [0.25, 0.3) is 10.9 Å². The summed E-state index contributed by atoms with van der Waals surface area (Å²) in [6.45, 7) is 4.10. The lowest BCUT2D eigenvalue weighted by Crippen LogP contribution is -2.24. The molecule has 230 valence electrons. The maximum Gasteiger partial charge on any atom is 0.248 e. The Labute approximate surface area is 271 Å². The lowest BCUT2D eigenvalue weighted by atomic mass is 10.0. The number of nitrogens with zero attached hydrogens (tertiary/aromatic N) is 3. The second-order valence-electron chi connectivity index (χ2n) is 10.9. The van der Waals surface area contributed by atoms with Crippen LogP contribution < -0.4 is 25.4 Å². The first kappa shape index (κ1) is 30.6. The number of ether oxygens (including phenoxy) is 2. The van der Waals surface area contributed by atoms with Crippen molar-refractivity contribution in [3.8, 4) is 23.3 Å². The molecule has 1 amide bonds. The van der Waals surface area contributed by atoms with Crippen molar-refractivity contribution in [2.75, 3.05) is 23.7 Å². The standard InChI is InChI=1S/C36H31ClN6O3/c1-23-2-4-25(5-3-23)22-45-33-7-6-27(17-30(33)37)42-36-26(20-38)21-41-31-19-34(46-28-10-14-40-15-11-28)32(18-29(31)36)43-35(44)16-24-8-12-39-13-9-24/h2-7,10-11,14-19,21,39H,8-9,12-13,22H2,1H3,(H,41,42)(H,43,44). The van der Waals surface area contributed by atoms with Gasteiger partial charge in [-0.3, -0.25) is 14.8 Å². The van der Waals surface area contributed by atoms with Crippen LogP contribution in [-0.4, -0.2) is 29.0 Å². The second kappa shape index (κ2) is 14.1. The second-order valence-corrected chi connectivity index (χ2v) is 11.3. The highest BCUT2D eigenvalue weighted by atomic mass is 35.5. The van der Waals surface area contributed by atoms with Crippen LogP contribution in [0.15, 0.2) is 97.0 Å². The lowest BCUT2D eigenvalue weighted by molar-refractivity contribution is -0.112. The van der Waals surface area contributed by atoms with E-state index < -0.39 is 0 Å². The number of fused-ring (bicyclic) bond motifs is 1. The third kappa shape index (κ3) is 7.44. The minimum absolute atomic E-state index is 0.261. The summed E-state index contributed by atoms with van der Waals surface area (Å²) >= 11 is 6.62. The molecular formula is C36H31ClN6O3. The van der Waals surface area contributed by atoms with E-state index in [1.165, 1.54) is 11.8 Å². The van der Waals surface area contributed by atoms with Crippen LogP contribution in [-0.2, 0) is 11.4 Å². The number of piperidine rings is 1. The van der Waals surface area contributed by atoms with Crippen molar-refractivity contribution in [2.24, 2.45) is 0 Å². The number of pyridine rings is 2. The Morgan fingerprint density at radius 1 is 1.04 bits per heavy atom. The average molecular weight is 631 g/mol. The molecule has 0 spiro atoms. The molecule has 0 atom stereocenters. The maximum absolute atomic E-state index is 13.2. The molecule has 46 heavy (non-hydrogen) atoms. The number of aryl methyl sites for hydroxylation is 1. The number of rotatable bonds is 9. The van der Waals surface area contributed by atoms with E-state index in [9.17, 15) is 10.1 Å². The topological polar surface area (TPSA) is 121 Å². The van der Waals surface area contributed by atoms with Gasteiger partial charge in [0.2, 0.25) is 5.91 Å². The highest BCUT2D eigenvalue weighted by Gasteiger charge is 2.17. The van der Waals surface area contributed by atoms with Crippen LogP contribution >= 0.6 is 11.6 Å². The van der Waals surface area contributed by atoms with E-state index in [0.29, 0.717) is 62.4 Å². The predicted molar refractivity (Wildman–Crippen MR) is 180 cm³/mol. The number of halogens is 1. The zero-order valence-electron chi connectivity index (χ0n) is 25.1. The van der Waals surface area contributed by atoms with Gasteiger partial charge < -0.3 is 25.4 Å². The summed E-state index contributed by atoms with van der Waals surface area (Å²) in [5, 5.41) is 20.7. The monoisotopic (exact) mass is 630 g/mol. The van der Waals surface area contributed by atoms with Gasteiger partial charge in [0.05, 0.1) is 27.5 Å². The molecule has 3 heterocycles. The molecule has 3 N–H and O–H groups in total. The van der Waals surface area contributed by atoms with Gasteiger partial charge >= 0.3 is 0 Å². The first-order chi connectivity index (χ1) is 22.4. The first-order valence-electron chi connectivity index (χ1n) is 14.9. The third-order valence-electron chi connectivity index (χ3n) is 7.52. The molecule has 0 unspecified atom stereocenters. The summed E-state index contributed by atoms with van der Waals surface area (Å²) in [4.78, 5) is 21.7. The molecule has 1 saturated heterocycles. The largest absolute Gasteiger partial charge is 0.487 e. The van der Waals surface area contributed by atoms with Gasteiger partial charge in [0.25, 0.3) is 0 Å². The Kier molecular flexibility index (Phi) is 9.39. The van der Waals surface area contributed by atoms with Gasteiger partial charge in [-0.25, -0.2) is 0 Å². The number of carbonyl (C=O) groups is 1. The molecule has 1 fully saturated rings. The summed E-state index contributed by atoms with van der Waals surface area (Å²) in [6.07, 6.45) is 8.02. The Morgan fingerprint density at radius 2 is 1.83 bits per heavy atom. The molecule has 6 rings (SSSR count). The van der Waals surface area contributed by atoms with Crippen molar-refractivity contribution in [2.45, 2.75) is 26.4 Å². The third-order valence-corrected chi connectivity index (χ3v) is 7.82. The molecule has 3 aromatic carbocycles. The Hall–Kier alpha value is -5.43. The van der Waals surface area contributed by atoms with E-state index in [4.69, 9.17) is 21.1 Å². The number of aromatic nitrogens is 2. The van der Waals surface area contributed by atoms with Crippen LogP contribution in [0.3, 0.4) is 0 Å². The summed E-state index contributed by atoms with van der Waals surface area (Å²) in [7, 11) is 0. The fraction of sp³-hybridized carbons (Fsp3) is 0.167. The van der Waals surface area contributed by atoms with Crippen molar-refractivity contribution >= 4 is 45.5 Å². The van der Waals surface area contributed by atoms with E-state index >= 15 is 0 Å². The van der Waals surface area contributed by atoms with Crippen LogP contribution in [0.2, 0.25) is 5.02 Å². The van der Waals surface area contributed by atoms with Crippen molar-refractivity contribution in [3.63, 3.8) is 0 Å². The van der Waals surface area contributed by atoms with Crippen molar-refractivity contribution in [3.05, 3.63) is 119 Å². The number of nitrogens with one attached hydrogen (secondary N) is 3. The fourth-order valence-corrected chi connectivity index (χ4v) is 5.32. The minimum atomic E-state index is -0.261. The zero-order valence-corrected chi connectivity index (χ0v) is 25.9. The summed E-state index contributed by atoms with van der Waals surface area (Å²) < 4.78 is 12.1. The van der Waals surface area contributed by atoms with Crippen LogP contribution in [0.5, 0.6) is 17.2 Å². The molecule has 0 bridgehead atoms. The number of anilines is 3. The van der Waals surface area contributed by atoms with Crippen molar-refractivity contribution in [1.82, 2.24) is 15.3 Å². The molecule has 2 aromatic heterocycles. The van der Waals surface area contributed by atoms with Gasteiger partial charge in [-0.15, -0.1) is 0 Å². The molecule has 9 nitrogen and oxygen atoms in total. The molecule has 1 aliphatic rings. The lowest BCUT2D eigenvalue weighted by Gasteiger charge is -2.17. The van der Waals surface area contributed by atoms with Gasteiger partial charge in [-0.2, -0.15) is 5.26 Å². The SMILES string of the molecule is Cc1ccc(COc2ccc(Nc3c(C#N)cnc4cc(Oc5ccncc5)c(NC(=O)C=C5CCNCC5)cc34)cc2Cl)cc1. The number of amides is 1. The van der Waals surface area contributed by atoms with E-state index in [-0.39, 0.29) is 5.91 Å². The Balaban J connectivity index is 1.32. The normalized spacial score (nSPS) is 12.7. The van der Waals surface area contributed by atoms with Crippen molar-refractivity contribution in [1.29, 1.82) is 5.26 Å².